The van der Waals surface area contributed by atoms with Gasteiger partial charge in [-0.05, 0) is 50.2 Å². The van der Waals surface area contributed by atoms with E-state index in [1.807, 2.05) is 91.2 Å². The van der Waals surface area contributed by atoms with Gasteiger partial charge in [-0.25, -0.2) is 0 Å². The summed E-state index contributed by atoms with van der Waals surface area (Å²) in [5, 5.41) is 12.8. The Morgan fingerprint density at radius 1 is 1.00 bits per heavy atom. The average molecular weight is 509 g/mol. The summed E-state index contributed by atoms with van der Waals surface area (Å²) >= 11 is 7.57. The highest BCUT2D eigenvalue weighted by Crippen LogP contribution is 2.31. The van der Waals surface area contributed by atoms with Crippen molar-refractivity contribution in [3.63, 3.8) is 0 Å². The second kappa shape index (κ2) is 11.8. The molecule has 9 heteroatoms. The minimum absolute atomic E-state index is 0.144. The number of hydrogen-bond donors (Lipinski definition) is 1. The van der Waals surface area contributed by atoms with E-state index in [1.165, 1.54) is 11.8 Å². The van der Waals surface area contributed by atoms with Gasteiger partial charge >= 0.3 is 0 Å². The molecule has 180 valence electrons. The molecule has 0 saturated carbocycles. The van der Waals surface area contributed by atoms with E-state index in [2.05, 4.69) is 15.5 Å². The maximum absolute atomic E-state index is 12.7. The summed E-state index contributed by atoms with van der Waals surface area (Å²) in [6, 6.07) is 24.4. The van der Waals surface area contributed by atoms with Crippen LogP contribution in [0.3, 0.4) is 0 Å². The highest BCUT2D eigenvalue weighted by Gasteiger charge is 2.22. The van der Waals surface area contributed by atoms with Gasteiger partial charge in [-0.1, -0.05) is 65.8 Å². The standard InChI is InChI=1S/C26H25ClN4O3S/c1-3-33-23-16-10-8-14-21(23)28-24(32)17-35-26-30-29-25(31(26)19-11-5-4-6-12-19)18(2)34-22-15-9-7-13-20(22)27/h4-16,18H,3,17H2,1-2H3,(H,28,32). The maximum atomic E-state index is 12.7. The second-order valence-electron chi connectivity index (χ2n) is 7.47. The first-order chi connectivity index (χ1) is 17.1. The van der Waals surface area contributed by atoms with Crippen molar-refractivity contribution in [2.45, 2.75) is 25.1 Å². The number of aromatic nitrogens is 3. The van der Waals surface area contributed by atoms with Crippen molar-refractivity contribution < 1.29 is 14.3 Å². The van der Waals surface area contributed by atoms with Crippen LogP contribution in [0.1, 0.15) is 25.8 Å². The fourth-order valence-electron chi connectivity index (χ4n) is 3.41. The zero-order valence-electron chi connectivity index (χ0n) is 19.3. The molecule has 0 fully saturated rings. The quantitative estimate of drug-likeness (QED) is 0.257. The Kier molecular flexibility index (Phi) is 8.28. The van der Waals surface area contributed by atoms with Gasteiger partial charge in [-0.3, -0.25) is 9.36 Å². The van der Waals surface area contributed by atoms with E-state index in [0.717, 1.165) is 5.69 Å². The summed E-state index contributed by atoms with van der Waals surface area (Å²) in [5.74, 6) is 1.76. The van der Waals surface area contributed by atoms with Crippen LogP contribution in [0.2, 0.25) is 5.02 Å². The number of benzene rings is 3. The van der Waals surface area contributed by atoms with Crippen LogP contribution in [0.25, 0.3) is 5.69 Å². The van der Waals surface area contributed by atoms with Gasteiger partial charge in [0.2, 0.25) is 5.91 Å². The van der Waals surface area contributed by atoms with Gasteiger partial charge in [0.15, 0.2) is 17.1 Å². The fourth-order valence-corrected chi connectivity index (χ4v) is 4.35. The van der Waals surface area contributed by atoms with Crippen molar-refractivity contribution in [3.05, 3.63) is 89.7 Å². The smallest absolute Gasteiger partial charge is 0.234 e. The number of rotatable bonds is 10. The first-order valence-corrected chi connectivity index (χ1v) is 12.5. The van der Waals surface area contributed by atoms with Crippen LogP contribution < -0.4 is 14.8 Å². The van der Waals surface area contributed by atoms with Crippen LogP contribution in [-0.2, 0) is 4.79 Å². The molecule has 1 unspecified atom stereocenters. The lowest BCUT2D eigenvalue weighted by Gasteiger charge is -2.17. The Hall–Kier alpha value is -3.49. The molecule has 0 aliphatic rings. The number of thioether (sulfide) groups is 1. The normalized spacial score (nSPS) is 11.6. The predicted molar refractivity (Wildman–Crippen MR) is 139 cm³/mol. The number of anilines is 1. The van der Waals surface area contributed by atoms with Crippen LogP contribution in [0, 0.1) is 0 Å². The summed E-state index contributed by atoms with van der Waals surface area (Å²) in [6.45, 7) is 4.30. The summed E-state index contributed by atoms with van der Waals surface area (Å²) in [4.78, 5) is 12.7. The molecule has 1 amide bonds. The molecule has 0 aliphatic heterocycles. The van der Waals surface area contributed by atoms with Gasteiger partial charge in [0.25, 0.3) is 0 Å². The van der Waals surface area contributed by atoms with Crippen LogP contribution in [0.15, 0.2) is 84.0 Å². The first-order valence-electron chi connectivity index (χ1n) is 11.1. The van der Waals surface area contributed by atoms with E-state index in [-0.39, 0.29) is 11.7 Å². The summed E-state index contributed by atoms with van der Waals surface area (Å²) in [7, 11) is 0. The summed E-state index contributed by atoms with van der Waals surface area (Å²) in [5.41, 5.74) is 1.50. The van der Waals surface area contributed by atoms with Crippen molar-refractivity contribution >= 4 is 35.0 Å². The Morgan fingerprint density at radius 3 is 2.43 bits per heavy atom. The number of halogens is 1. The molecule has 0 spiro atoms. The molecule has 0 bridgehead atoms. The minimum atomic E-state index is -0.441. The summed E-state index contributed by atoms with van der Waals surface area (Å²) in [6.07, 6.45) is -0.441. The minimum Gasteiger partial charge on any atom is -0.492 e. The largest absolute Gasteiger partial charge is 0.492 e. The third kappa shape index (κ3) is 6.15. The number of carbonyl (C=O) groups is 1. The molecule has 3 aromatic carbocycles. The van der Waals surface area contributed by atoms with E-state index in [0.29, 0.717) is 39.8 Å². The van der Waals surface area contributed by atoms with Crippen molar-refractivity contribution in [1.29, 1.82) is 0 Å². The van der Waals surface area contributed by atoms with E-state index in [4.69, 9.17) is 21.1 Å². The Labute approximate surface area is 213 Å². The van der Waals surface area contributed by atoms with Crippen molar-refractivity contribution in [2.24, 2.45) is 0 Å². The Morgan fingerprint density at radius 2 is 1.69 bits per heavy atom. The number of ether oxygens (including phenoxy) is 2. The lowest BCUT2D eigenvalue weighted by atomic mass is 10.3. The maximum Gasteiger partial charge on any atom is 0.234 e. The van der Waals surface area contributed by atoms with Gasteiger partial charge in [0.1, 0.15) is 11.5 Å². The van der Waals surface area contributed by atoms with Gasteiger partial charge < -0.3 is 14.8 Å². The van der Waals surface area contributed by atoms with Crippen LogP contribution >= 0.6 is 23.4 Å². The Balaban J connectivity index is 1.54. The van der Waals surface area contributed by atoms with Crippen molar-refractivity contribution in [2.75, 3.05) is 17.7 Å². The number of carbonyl (C=O) groups excluding carboxylic acids is 1. The van der Waals surface area contributed by atoms with Gasteiger partial charge in [0, 0.05) is 5.69 Å². The highest BCUT2D eigenvalue weighted by atomic mass is 35.5. The van der Waals surface area contributed by atoms with E-state index >= 15 is 0 Å². The average Bonchev–Trinajstić information content (AvgIpc) is 3.30. The molecule has 35 heavy (non-hydrogen) atoms. The second-order valence-corrected chi connectivity index (χ2v) is 8.82. The van der Waals surface area contributed by atoms with Crippen molar-refractivity contribution in [3.8, 4) is 17.2 Å². The molecule has 4 rings (SSSR count). The fraction of sp³-hybridized carbons (Fsp3) is 0.192. The number of amides is 1. The molecule has 7 nitrogen and oxygen atoms in total. The van der Waals surface area contributed by atoms with Crippen molar-refractivity contribution in [1.82, 2.24) is 14.8 Å². The molecule has 0 saturated heterocycles. The Bertz CT molecular complexity index is 1280. The van der Waals surface area contributed by atoms with E-state index < -0.39 is 6.10 Å². The van der Waals surface area contributed by atoms with Crippen LogP contribution in [0.5, 0.6) is 11.5 Å². The van der Waals surface area contributed by atoms with Crippen LogP contribution in [-0.4, -0.2) is 33.0 Å². The molecule has 1 heterocycles. The van der Waals surface area contributed by atoms with Gasteiger partial charge in [0.05, 0.1) is 23.1 Å². The lowest BCUT2D eigenvalue weighted by Crippen LogP contribution is -2.16. The van der Waals surface area contributed by atoms with E-state index in [9.17, 15) is 4.79 Å². The monoisotopic (exact) mass is 508 g/mol. The topological polar surface area (TPSA) is 78.3 Å². The molecule has 4 aromatic rings. The molecule has 1 aromatic heterocycles. The number of para-hydroxylation sites is 4. The zero-order chi connectivity index (χ0) is 24.6. The van der Waals surface area contributed by atoms with Gasteiger partial charge in [-0.2, -0.15) is 0 Å². The third-order valence-electron chi connectivity index (χ3n) is 4.97. The lowest BCUT2D eigenvalue weighted by molar-refractivity contribution is -0.113. The number of nitrogens with one attached hydrogen (secondary N) is 1. The highest BCUT2D eigenvalue weighted by molar-refractivity contribution is 7.99. The third-order valence-corrected chi connectivity index (χ3v) is 6.21. The molecule has 1 atom stereocenters. The molecular weight excluding hydrogens is 484 g/mol. The molecule has 1 N–H and O–H groups in total. The molecular formula is C26H25ClN4O3S. The first kappa shape index (κ1) is 24.6. The van der Waals surface area contributed by atoms with E-state index in [1.54, 1.807) is 6.07 Å². The zero-order valence-corrected chi connectivity index (χ0v) is 20.9. The SMILES string of the molecule is CCOc1ccccc1NC(=O)CSc1nnc(C(C)Oc2ccccc2Cl)n1-c1ccccc1. The molecule has 0 aliphatic carbocycles. The predicted octanol–water partition coefficient (Wildman–Crippen LogP) is 6.19. The van der Waals surface area contributed by atoms with Gasteiger partial charge in [-0.15, -0.1) is 10.2 Å². The molecule has 0 radical (unpaired) electrons. The number of nitrogens with zero attached hydrogens (tertiary/aromatic N) is 3. The summed E-state index contributed by atoms with van der Waals surface area (Å²) < 4.78 is 13.6. The number of hydrogen-bond acceptors (Lipinski definition) is 6. The van der Waals surface area contributed by atoms with Crippen LogP contribution in [0.4, 0.5) is 5.69 Å².